The Morgan fingerprint density at radius 3 is 2.69 bits per heavy atom. The summed E-state index contributed by atoms with van der Waals surface area (Å²) in [5, 5.41) is 12.8. The lowest BCUT2D eigenvalue weighted by Crippen LogP contribution is -2.41. The Kier molecular flexibility index (Phi) is 6.79. The van der Waals surface area contributed by atoms with Crippen LogP contribution < -0.4 is 15.5 Å². The smallest absolute Gasteiger partial charge is 0.223 e. The first-order valence-electron chi connectivity index (χ1n) is 12.5. The van der Waals surface area contributed by atoms with Gasteiger partial charge in [0.15, 0.2) is 5.82 Å². The molecular weight excluding hydrogens is 452 g/mol. The van der Waals surface area contributed by atoms with E-state index in [0.717, 1.165) is 66.1 Å². The molecule has 0 spiro atoms. The monoisotopic (exact) mass is 484 g/mol. The summed E-state index contributed by atoms with van der Waals surface area (Å²) in [5.74, 6) is 3.05. The van der Waals surface area contributed by atoms with Gasteiger partial charge in [-0.1, -0.05) is 13.8 Å². The number of carbonyl (C=O) groups excluding carboxylic acids is 1. The third-order valence-corrected chi connectivity index (χ3v) is 6.49. The van der Waals surface area contributed by atoms with Crippen molar-refractivity contribution in [3.63, 3.8) is 0 Å². The average Bonchev–Trinajstić information content (AvgIpc) is 3.31. The van der Waals surface area contributed by atoms with E-state index in [2.05, 4.69) is 50.5 Å². The normalized spacial score (nSPS) is 14.4. The third-order valence-electron chi connectivity index (χ3n) is 6.49. The van der Waals surface area contributed by atoms with Crippen LogP contribution in [0.25, 0.3) is 22.0 Å². The summed E-state index contributed by atoms with van der Waals surface area (Å²) in [6, 6.07) is 9.93. The lowest BCUT2D eigenvalue weighted by Gasteiger charge is -2.33. The summed E-state index contributed by atoms with van der Waals surface area (Å²) in [4.78, 5) is 28.8. The molecule has 0 bridgehead atoms. The highest BCUT2D eigenvalue weighted by atomic mass is 16.1. The van der Waals surface area contributed by atoms with E-state index in [0.29, 0.717) is 11.7 Å². The van der Waals surface area contributed by atoms with Crippen molar-refractivity contribution in [1.82, 2.24) is 30.0 Å². The van der Waals surface area contributed by atoms with E-state index in [1.54, 1.807) is 17.1 Å². The molecule has 1 aliphatic heterocycles. The molecular formula is C27H32N8O. The van der Waals surface area contributed by atoms with Gasteiger partial charge in [0.25, 0.3) is 0 Å². The van der Waals surface area contributed by atoms with Crippen molar-refractivity contribution in [2.24, 2.45) is 18.9 Å². The third kappa shape index (κ3) is 5.30. The number of amides is 1. The Hall–Kier alpha value is -4.01. The molecule has 0 unspecified atom stereocenters. The lowest BCUT2D eigenvalue weighted by atomic mass is 9.95. The fourth-order valence-corrected chi connectivity index (χ4v) is 4.54. The van der Waals surface area contributed by atoms with E-state index < -0.39 is 0 Å². The molecule has 5 rings (SSSR count). The number of aromatic nitrogens is 5. The van der Waals surface area contributed by atoms with Crippen molar-refractivity contribution in [3.8, 4) is 11.3 Å². The fraction of sp³-hybridized carbons (Fsp3) is 0.370. The molecule has 5 heterocycles. The minimum atomic E-state index is 0.0524. The number of piperidine rings is 1. The van der Waals surface area contributed by atoms with Crippen molar-refractivity contribution in [3.05, 3.63) is 55.1 Å². The predicted octanol–water partition coefficient (Wildman–Crippen LogP) is 4.16. The largest absolute Gasteiger partial charge is 0.356 e. The predicted molar refractivity (Wildman–Crippen MR) is 142 cm³/mol. The molecule has 9 heteroatoms. The number of hydrogen-bond acceptors (Lipinski definition) is 7. The van der Waals surface area contributed by atoms with E-state index in [9.17, 15) is 4.79 Å². The van der Waals surface area contributed by atoms with Gasteiger partial charge in [0.1, 0.15) is 11.6 Å². The van der Waals surface area contributed by atoms with Gasteiger partial charge in [-0.3, -0.25) is 14.5 Å². The summed E-state index contributed by atoms with van der Waals surface area (Å²) in [7, 11) is 1.88. The van der Waals surface area contributed by atoms with Crippen molar-refractivity contribution < 1.29 is 4.79 Å². The molecule has 0 aliphatic carbocycles. The van der Waals surface area contributed by atoms with Crippen LogP contribution in [0.2, 0.25) is 0 Å². The van der Waals surface area contributed by atoms with Crippen LogP contribution in [0.1, 0.15) is 26.7 Å². The first-order chi connectivity index (χ1) is 17.5. The second-order valence-corrected chi connectivity index (χ2v) is 9.76. The summed E-state index contributed by atoms with van der Waals surface area (Å²) in [6.07, 6.45) is 8.97. The Balaban J connectivity index is 1.39. The SMILES string of the molecule is CC(C)CNC(=O)C1CCN(c2nc(-c3ccnc(Nc4ccn(C)n4)c3)cc3cnccc23)CC1. The molecule has 1 saturated heterocycles. The maximum Gasteiger partial charge on any atom is 0.223 e. The van der Waals surface area contributed by atoms with Gasteiger partial charge in [0, 0.05) is 79.8 Å². The van der Waals surface area contributed by atoms with Crippen LogP contribution in [-0.4, -0.2) is 50.3 Å². The van der Waals surface area contributed by atoms with Crippen LogP contribution in [-0.2, 0) is 11.8 Å². The zero-order valence-electron chi connectivity index (χ0n) is 21.0. The van der Waals surface area contributed by atoms with Gasteiger partial charge < -0.3 is 15.5 Å². The molecule has 1 amide bonds. The minimum Gasteiger partial charge on any atom is -0.356 e. The van der Waals surface area contributed by atoms with Gasteiger partial charge in [-0.2, -0.15) is 5.10 Å². The summed E-state index contributed by atoms with van der Waals surface area (Å²) >= 11 is 0. The molecule has 186 valence electrons. The summed E-state index contributed by atoms with van der Waals surface area (Å²) in [5.41, 5.74) is 1.81. The van der Waals surface area contributed by atoms with Gasteiger partial charge >= 0.3 is 0 Å². The first-order valence-corrected chi connectivity index (χ1v) is 12.5. The molecule has 1 fully saturated rings. The number of fused-ring (bicyclic) bond motifs is 1. The Morgan fingerprint density at radius 2 is 1.94 bits per heavy atom. The Bertz CT molecular complexity index is 1360. The van der Waals surface area contributed by atoms with E-state index >= 15 is 0 Å². The molecule has 0 saturated carbocycles. The maximum atomic E-state index is 12.6. The van der Waals surface area contributed by atoms with E-state index in [4.69, 9.17) is 4.98 Å². The number of hydrogen-bond donors (Lipinski definition) is 2. The summed E-state index contributed by atoms with van der Waals surface area (Å²) in [6.45, 7) is 6.53. The maximum absolute atomic E-state index is 12.6. The van der Waals surface area contributed by atoms with Crippen molar-refractivity contribution in [1.29, 1.82) is 0 Å². The minimum absolute atomic E-state index is 0.0524. The highest BCUT2D eigenvalue weighted by Crippen LogP contribution is 2.32. The molecule has 0 radical (unpaired) electrons. The standard InChI is InChI=1S/C27H32N8O/c1-18(2)16-30-27(36)19-6-12-35(13-7-19)26-22-5-9-28-17-21(22)14-23(31-26)20-4-10-29-25(15-20)32-24-8-11-34(3)33-24/h4-5,8-11,14-15,17-19H,6-7,12-13,16H2,1-3H3,(H,30,36)(H,29,32,33). The molecule has 1 aliphatic rings. The van der Waals surface area contributed by atoms with E-state index in [-0.39, 0.29) is 11.8 Å². The molecule has 4 aromatic heterocycles. The zero-order valence-corrected chi connectivity index (χ0v) is 21.0. The molecule has 0 aromatic carbocycles. The van der Waals surface area contributed by atoms with Crippen LogP contribution in [0.4, 0.5) is 17.5 Å². The van der Waals surface area contributed by atoms with Gasteiger partial charge in [-0.15, -0.1) is 0 Å². The number of pyridine rings is 3. The van der Waals surface area contributed by atoms with Crippen LogP contribution in [0.15, 0.2) is 55.1 Å². The van der Waals surface area contributed by atoms with Crippen LogP contribution in [0.3, 0.4) is 0 Å². The number of carbonyl (C=O) groups is 1. The molecule has 2 N–H and O–H groups in total. The fourth-order valence-electron chi connectivity index (χ4n) is 4.54. The number of nitrogens with one attached hydrogen (secondary N) is 2. The number of nitrogens with zero attached hydrogens (tertiary/aromatic N) is 6. The second kappa shape index (κ2) is 10.3. The number of rotatable bonds is 7. The number of anilines is 3. The number of aryl methyl sites for hydroxylation is 1. The zero-order chi connectivity index (χ0) is 25.1. The van der Waals surface area contributed by atoms with E-state index in [1.165, 1.54) is 0 Å². The first kappa shape index (κ1) is 23.7. The molecule has 4 aromatic rings. The molecule has 36 heavy (non-hydrogen) atoms. The molecule has 0 atom stereocenters. The van der Waals surface area contributed by atoms with Crippen LogP contribution >= 0.6 is 0 Å². The second-order valence-electron chi connectivity index (χ2n) is 9.76. The average molecular weight is 485 g/mol. The van der Waals surface area contributed by atoms with Crippen LogP contribution in [0, 0.1) is 11.8 Å². The highest BCUT2D eigenvalue weighted by Gasteiger charge is 2.26. The van der Waals surface area contributed by atoms with Crippen LogP contribution in [0.5, 0.6) is 0 Å². The Labute approximate surface area is 211 Å². The van der Waals surface area contributed by atoms with Crippen molar-refractivity contribution in [2.75, 3.05) is 29.9 Å². The van der Waals surface area contributed by atoms with Crippen molar-refractivity contribution in [2.45, 2.75) is 26.7 Å². The van der Waals surface area contributed by atoms with E-state index in [1.807, 2.05) is 43.7 Å². The van der Waals surface area contributed by atoms with Crippen molar-refractivity contribution >= 4 is 34.1 Å². The van der Waals surface area contributed by atoms with Gasteiger partial charge in [0.05, 0.1) is 5.69 Å². The molecule has 9 nitrogen and oxygen atoms in total. The highest BCUT2D eigenvalue weighted by molar-refractivity contribution is 5.94. The summed E-state index contributed by atoms with van der Waals surface area (Å²) < 4.78 is 1.74. The van der Waals surface area contributed by atoms with Gasteiger partial charge in [0.2, 0.25) is 5.91 Å². The topological polar surface area (TPSA) is 101 Å². The van der Waals surface area contributed by atoms with Gasteiger partial charge in [-0.25, -0.2) is 9.97 Å². The lowest BCUT2D eigenvalue weighted by molar-refractivity contribution is -0.125. The van der Waals surface area contributed by atoms with Gasteiger partial charge in [-0.05, 0) is 43.0 Å². The quantitative estimate of drug-likeness (QED) is 0.406. The Morgan fingerprint density at radius 1 is 1.11 bits per heavy atom.